The minimum atomic E-state index is 0. The molecule has 0 aliphatic heterocycles. The van der Waals surface area contributed by atoms with Crippen molar-refractivity contribution in [1.82, 2.24) is 44.9 Å². The van der Waals surface area contributed by atoms with Gasteiger partial charge in [0.25, 0.3) is 0 Å². The van der Waals surface area contributed by atoms with Crippen molar-refractivity contribution >= 4 is 66.1 Å². The molecule has 3 radical (unpaired) electrons. The van der Waals surface area contributed by atoms with Crippen LogP contribution < -0.4 is 0 Å². The molecule has 675 valence electrons. The number of rotatable bonds is 15. The van der Waals surface area contributed by atoms with Crippen LogP contribution in [0.15, 0.2) is 451 Å². The van der Waals surface area contributed by atoms with E-state index < -0.39 is 0 Å². The number of furan rings is 3. The first-order valence-corrected chi connectivity index (χ1v) is 44.7. The maximum atomic E-state index is 6.36. The third-order valence-electron chi connectivity index (χ3n) is 22.9. The first kappa shape index (κ1) is 95.5. The normalized spacial score (nSPS) is 10.6. The van der Waals surface area contributed by atoms with Gasteiger partial charge >= 0.3 is 0 Å². The molecule has 138 heavy (non-hydrogen) atoms. The largest absolute Gasteiger partial charge is 0.500 e. The summed E-state index contributed by atoms with van der Waals surface area (Å²) >= 11 is 0. The minimum Gasteiger partial charge on any atom is -0.500 e. The molecule has 0 atom stereocenters. The van der Waals surface area contributed by atoms with Crippen LogP contribution in [-0.4, -0.2) is 44.9 Å². The van der Waals surface area contributed by atoms with Crippen molar-refractivity contribution < 1.29 is 73.6 Å². The van der Waals surface area contributed by atoms with Crippen LogP contribution in [-0.2, 0) is 79.6 Å². The average molecular weight is 2320 g/mol. The number of benzene rings is 12. The van der Waals surface area contributed by atoms with Gasteiger partial charge in [0.05, 0.1) is 22.3 Å². The summed E-state index contributed by atoms with van der Waals surface area (Å²) in [6, 6.07) is 150. The second-order valence-electron chi connectivity index (χ2n) is 32.4. The molecule has 0 fully saturated rings. The summed E-state index contributed by atoms with van der Waals surface area (Å²) in [5.74, 6) is 0. The Hall–Kier alpha value is -15.7. The van der Waals surface area contributed by atoms with Crippen molar-refractivity contribution in [2.75, 3.05) is 0 Å². The molecule has 12 heterocycles. The summed E-state index contributed by atoms with van der Waals surface area (Å²) in [5, 5.41) is 5.15. The van der Waals surface area contributed by atoms with Gasteiger partial charge in [-0.3, -0.25) is 4.98 Å². The van der Waals surface area contributed by atoms with Crippen LogP contribution in [0.4, 0.5) is 0 Å². The summed E-state index contributed by atoms with van der Waals surface area (Å²) in [7, 11) is 0. The topological polar surface area (TPSA) is 155 Å². The maximum absolute atomic E-state index is 6.36. The number of hydrogen-bond donors (Lipinski definition) is 0. The fraction of sp³-hybridized carbons (Fsp3) is 0.0488. The number of hydrogen-bond acceptors (Lipinski definition) is 12. The summed E-state index contributed by atoms with van der Waals surface area (Å²) in [4.78, 5) is 41.3. The summed E-state index contributed by atoms with van der Waals surface area (Å²) in [5.41, 5.74) is 33.6. The van der Waals surface area contributed by atoms with E-state index in [2.05, 4.69) is 221 Å². The van der Waals surface area contributed by atoms with Crippen LogP contribution in [0.3, 0.4) is 0 Å². The number of fused-ring (bicyclic) bond motifs is 9. The molecule has 0 spiro atoms. The number of pyridine rings is 9. The second kappa shape index (κ2) is 46.5. The van der Waals surface area contributed by atoms with Gasteiger partial charge in [0.1, 0.15) is 11.2 Å². The van der Waals surface area contributed by atoms with Gasteiger partial charge in [0.2, 0.25) is 5.71 Å². The molecule has 0 saturated heterocycles. The van der Waals surface area contributed by atoms with Crippen molar-refractivity contribution in [2.45, 2.75) is 40.0 Å². The quantitative estimate of drug-likeness (QED) is 0.0897. The Morgan fingerprint density at radius 1 is 0.275 bits per heavy atom. The Labute approximate surface area is 843 Å². The third kappa shape index (κ3) is 23.3. The number of aryl methyl sites for hydroxylation is 3. The Kier molecular flexibility index (Phi) is 32.2. The van der Waals surface area contributed by atoms with Gasteiger partial charge in [-0.25, -0.2) is 4.98 Å². The van der Waals surface area contributed by atoms with E-state index in [1.54, 1.807) is 12.4 Å². The molecular formula is C123H87Ir3N9O3-6. The maximum Gasteiger partial charge on any atom is 0.216 e. The molecule has 0 N–H and O–H groups in total. The molecule has 24 aromatic rings. The summed E-state index contributed by atoms with van der Waals surface area (Å²) in [6.07, 6.45) is 16.6. The van der Waals surface area contributed by atoms with E-state index in [9.17, 15) is 0 Å². The van der Waals surface area contributed by atoms with Crippen LogP contribution in [0.1, 0.15) is 50.5 Å². The number of aromatic nitrogens is 9. The van der Waals surface area contributed by atoms with E-state index >= 15 is 0 Å². The molecule has 12 aromatic carbocycles. The molecule has 24 rings (SSSR count). The van der Waals surface area contributed by atoms with Gasteiger partial charge in [-0.1, -0.05) is 288 Å². The van der Waals surface area contributed by atoms with Crippen LogP contribution in [0.2, 0.25) is 0 Å². The van der Waals surface area contributed by atoms with Crippen molar-refractivity contribution in [3.63, 3.8) is 0 Å². The zero-order valence-electron chi connectivity index (χ0n) is 75.4. The van der Waals surface area contributed by atoms with E-state index in [1.807, 2.05) is 286 Å². The molecular weight excluding hydrogens is 2230 g/mol. The van der Waals surface area contributed by atoms with Crippen LogP contribution in [0.25, 0.3) is 167 Å². The smallest absolute Gasteiger partial charge is 0.216 e. The molecule has 0 unspecified atom stereocenters. The first-order chi connectivity index (χ1) is 66.7. The summed E-state index contributed by atoms with van der Waals surface area (Å²) < 4.78 is 18.8. The van der Waals surface area contributed by atoms with Crippen molar-refractivity contribution in [3.8, 4) is 101 Å². The monoisotopic (exact) mass is 2320 g/mol. The Balaban J connectivity index is 0.000000123. The molecule has 0 aliphatic carbocycles. The second-order valence-corrected chi connectivity index (χ2v) is 32.4. The minimum absolute atomic E-state index is 0. The zero-order chi connectivity index (χ0) is 91.3. The number of para-hydroxylation sites is 1. The molecule has 12 aromatic heterocycles. The van der Waals surface area contributed by atoms with E-state index in [0.717, 1.165) is 198 Å². The average Bonchev–Trinajstić information content (AvgIpc) is 1.60. The van der Waals surface area contributed by atoms with E-state index in [4.69, 9.17) is 33.2 Å². The van der Waals surface area contributed by atoms with Gasteiger partial charge < -0.3 is 48.1 Å². The van der Waals surface area contributed by atoms with Gasteiger partial charge in [-0.2, -0.15) is 0 Å². The van der Waals surface area contributed by atoms with Gasteiger partial charge in [0, 0.05) is 138 Å². The predicted octanol–water partition coefficient (Wildman–Crippen LogP) is 29.9. The fourth-order valence-electron chi connectivity index (χ4n) is 16.2. The Bertz CT molecular complexity index is 7990. The molecule has 12 nitrogen and oxygen atoms in total. The van der Waals surface area contributed by atoms with Crippen molar-refractivity contribution in [1.29, 1.82) is 0 Å². The molecule has 15 heteroatoms. The van der Waals surface area contributed by atoms with Gasteiger partial charge in [0.15, 0.2) is 0 Å². The first-order valence-electron chi connectivity index (χ1n) is 44.7. The summed E-state index contributed by atoms with van der Waals surface area (Å²) in [6.45, 7) is 6.20. The zero-order valence-corrected chi connectivity index (χ0v) is 82.6. The Morgan fingerprint density at radius 2 is 0.768 bits per heavy atom. The van der Waals surface area contributed by atoms with Crippen LogP contribution in [0.5, 0.6) is 0 Å². The van der Waals surface area contributed by atoms with E-state index in [-0.39, 0.29) is 60.3 Å². The van der Waals surface area contributed by atoms with Gasteiger partial charge in [-0.15, -0.1) is 144 Å². The third-order valence-corrected chi connectivity index (χ3v) is 22.9. The van der Waals surface area contributed by atoms with Crippen molar-refractivity contribution in [3.05, 3.63) is 525 Å². The van der Waals surface area contributed by atoms with Gasteiger partial charge in [-0.05, 0) is 183 Å². The predicted molar refractivity (Wildman–Crippen MR) is 545 cm³/mol. The molecule has 0 amide bonds. The van der Waals surface area contributed by atoms with Crippen LogP contribution >= 0.6 is 0 Å². The molecule has 0 aliphatic rings. The standard InChI is InChI=1S/C30H21N2O.C29H19N2O.C24H17N2O.C17H12N.C12H10N.C11H8N.3Ir/c1-20-16-26(31-18-24(20)22-12-6-3-7-13-22)25-19-32-27(17-21-10-4-2-5-11-21)29-23-14-8-9-15-28(23)33-30(25)29;1-3-8-20(9-4-1)18-23-14-15-27-28(31-23)25-13-7-12-24(29(25)32-27)26-19-22(16-17-30-26)21-10-5-2-6-11-21;1-16-12-13-25-22(14-16)21-9-5-8-19-20-11-10-18(26-24(20)27-23(19)21)15-17-6-3-2-4-7-17;1-2-7-14(8-3-1)15-9-6-10-16(13-15)17-11-4-5-12-18-17;1-10-7-8-12(13-9-10)11-5-3-2-4-6-11;1-2-6-10(7-3-1)11-8-4-5-9-12-11;;;/h2-16,18H,17H2,1H3;1-11,13-17,19H,18H2;2-8,10-14H,15H2,1H3;1-9,11-13H;2-5,7-9H,1H3;1-6,8-9H;;;/q6*-1;;;. The molecule has 0 saturated carbocycles. The SMILES string of the molecule is Cc1cc(-c2[c-]nc(Cc3ccccc3)c3c2oc2ccccc23)ncc1-c1ccccc1.Cc1ccc(-c2[c-]cccc2)nc1.Cc1ccnc(-c2[c-]ccc3c2oc2nc(Cc4ccccc4)ccc23)c1.[Ir].[Ir].[Ir].[c-]1ccc(-c2ccccc2)cc1-c1ccccn1.[c-]1ccc2c(oc3ccc(Cc4ccccc4)nc32)c1-c1cc(-c2ccccc2)ccn1.[c-]1ccccc1-c1ccccn1. The fourth-order valence-corrected chi connectivity index (χ4v) is 16.2. The number of nitrogens with zero attached hydrogens (tertiary/aromatic N) is 9. The molecule has 0 bridgehead atoms. The van der Waals surface area contributed by atoms with Crippen LogP contribution in [0, 0.1) is 57.3 Å². The Morgan fingerprint density at radius 3 is 1.36 bits per heavy atom. The van der Waals surface area contributed by atoms with E-state index in [1.165, 1.54) is 33.4 Å². The van der Waals surface area contributed by atoms with E-state index in [0.29, 0.717) is 5.71 Å². The van der Waals surface area contributed by atoms with Crippen molar-refractivity contribution in [2.24, 2.45) is 0 Å².